The van der Waals surface area contributed by atoms with Gasteiger partial charge in [-0.2, -0.15) is 0 Å². The number of hydrogen-bond donors (Lipinski definition) is 2. The summed E-state index contributed by atoms with van der Waals surface area (Å²) < 4.78 is 11.1. The minimum Gasteiger partial charge on any atom is -0.423 e. The lowest BCUT2D eigenvalue weighted by Gasteiger charge is -2.06. The molecule has 0 atom stereocenters. The Kier molecular flexibility index (Phi) is 4.79. The van der Waals surface area contributed by atoms with Gasteiger partial charge in [0.2, 0.25) is 5.91 Å². The number of aromatic nitrogens is 3. The second-order valence-corrected chi connectivity index (χ2v) is 7.82. The molecule has 3 aromatic heterocycles. The van der Waals surface area contributed by atoms with Gasteiger partial charge in [-0.3, -0.25) is 4.79 Å². The first-order chi connectivity index (χ1) is 15.1. The molecule has 8 nitrogen and oxygen atoms in total. The number of H-pyrrole nitrogens is 1. The van der Waals surface area contributed by atoms with Crippen molar-refractivity contribution in [2.24, 2.45) is 0 Å². The number of hydrogen-bond acceptors (Lipinski definition) is 7. The second-order valence-electron chi connectivity index (χ2n) is 6.89. The van der Waals surface area contributed by atoms with Crippen LogP contribution >= 0.6 is 11.8 Å². The summed E-state index contributed by atoms with van der Waals surface area (Å²) in [6.45, 7) is 1.42. The first kappa shape index (κ1) is 19.1. The van der Waals surface area contributed by atoms with Crippen LogP contribution in [0.25, 0.3) is 33.3 Å². The van der Waals surface area contributed by atoms with Crippen molar-refractivity contribution in [2.45, 2.75) is 17.9 Å². The number of benzene rings is 2. The van der Waals surface area contributed by atoms with E-state index < -0.39 is 5.63 Å². The number of carbonyl (C=O) groups is 1. The highest BCUT2D eigenvalue weighted by atomic mass is 32.2. The van der Waals surface area contributed by atoms with E-state index in [1.807, 2.05) is 36.5 Å². The lowest BCUT2D eigenvalue weighted by atomic mass is 10.1. The number of carbonyl (C=O) groups excluding carboxylic acids is 1. The molecule has 3 heterocycles. The summed E-state index contributed by atoms with van der Waals surface area (Å²) in [5.41, 5.74) is 3.11. The summed E-state index contributed by atoms with van der Waals surface area (Å²) in [5.74, 6) is 0.671. The topological polar surface area (TPSA) is 114 Å². The fraction of sp³-hybridized carbons (Fsp3) is 0.0909. The molecule has 0 spiro atoms. The lowest BCUT2D eigenvalue weighted by molar-refractivity contribution is -0.114. The van der Waals surface area contributed by atoms with E-state index in [-0.39, 0.29) is 5.91 Å². The van der Waals surface area contributed by atoms with Gasteiger partial charge in [-0.1, -0.05) is 30.0 Å². The van der Waals surface area contributed by atoms with Crippen LogP contribution in [0.4, 0.5) is 5.69 Å². The standard InChI is InChI=1S/C22H16N4O4S/c1-12(27)24-14-6-7-15-13(8-20(28)29-19(15)9-14)11-31-22-26-25-21(30-22)17-10-23-18-5-3-2-4-16(17)18/h2-10,23H,11H2,1H3,(H,24,27). The summed E-state index contributed by atoms with van der Waals surface area (Å²) in [4.78, 5) is 26.5. The van der Waals surface area contributed by atoms with Crippen LogP contribution in [0.2, 0.25) is 0 Å². The first-order valence-electron chi connectivity index (χ1n) is 9.44. The predicted octanol–water partition coefficient (Wildman–Crippen LogP) is 4.58. The zero-order valence-corrected chi connectivity index (χ0v) is 17.2. The largest absolute Gasteiger partial charge is 0.423 e. The van der Waals surface area contributed by atoms with Crippen LogP contribution < -0.4 is 10.9 Å². The number of nitrogens with zero attached hydrogens (tertiary/aromatic N) is 2. The van der Waals surface area contributed by atoms with Gasteiger partial charge < -0.3 is 19.1 Å². The Morgan fingerprint density at radius 2 is 1.97 bits per heavy atom. The summed E-state index contributed by atoms with van der Waals surface area (Å²) >= 11 is 1.33. The third kappa shape index (κ3) is 3.82. The quantitative estimate of drug-likeness (QED) is 0.309. The summed E-state index contributed by atoms with van der Waals surface area (Å²) in [6, 6.07) is 14.5. The molecule has 0 aliphatic carbocycles. The van der Waals surface area contributed by atoms with E-state index in [1.54, 1.807) is 12.1 Å². The highest BCUT2D eigenvalue weighted by molar-refractivity contribution is 7.98. The van der Waals surface area contributed by atoms with E-state index in [2.05, 4.69) is 20.5 Å². The molecule has 0 aliphatic rings. The maximum atomic E-state index is 12.0. The van der Waals surface area contributed by atoms with Crippen LogP contribution in [0.1, 0.15) is 12.5 Å². The van der Waals surface area contributed by atoms with E-state index in [1.165, 1.54) is 24.8 Å². The van der Waals surface area contributed by atoms with Crippen molar-refractivity contribution in [1.29, 1.82) is 0 Å². The minimum atomic E-state index is -0.465. The van der Waals surface area contributed by atoms with Crippen LogP contribution in [0, 0.1) is 0 Å². The third-order valence-electron chi connectivity index (χ3n) is 4.73. The molecule has 0 bridgehead atoms. The first-order valence-corrected chi connectivity index (χ1v) is 10.4. The molecule has 0 unspecified atom stereocenters. The smallest absolute Gasteiger partial charge is 0.336 e. The van der Waals surface area contributed by atoms with Crippen LogP contribution in [-0.4, -0.2) is 21.1 Å². The van der Waals surface area contributed by atoms with E-state index in [9.17, 15) is 9.59 Å². The monoisotopic (exact) mass is 432 g/mol. The van der Waals surface area contributed by atoms with Crippen molar-refractivity contribution in [3.8, 4) is 11.5 Å². The number of aromatic amines is 1. The Bertz CT molecular complexity index is 1480. The van der Waals surface area contributed by atoms with Gasteiger partial charge in [-0.25, -0.2) is 4.79 Å². The molecular weight excluding hydrogens is 416 g/mol. The van der Waals surface area contributed by atoms with Crippen LogP contribution in [-0.2, 0) is 10.5 Å². The zero-order chi connectivity index (χ0) is 21.4. The predicted molar refractivity (Wildman–Crippen MR) is 118 cm³/mol. The van der Waals surface area contributed by atoms with Crippen LogP contribution in [0.3, 0.4) is 0 Å². The molecule has 5 aromatic rings. The molecule has 0 saturated carbocycles. The highest BCUT2D eigenvalue weighted by Crippen LogP contribution is 2.31. The van der Waals surface area contributed by atoms with E-state index in [0.717, 1.165) is 27.4 Å². The lowest BCUT2D eigenvalue weighted by Crippen LogP contribution is -2.06. The van der Waals surface area contributed by atoms with Crippen molar-refractivity contribution in [3.05, 3.63) is 70.7 Å². The van der Waals surface area contributed by atoms with E-state index >= 15 is 0 Å². The SMILES string of the molecule is CC(=O)Nc1ccc2c(CSc3nnc(-c4c[nH]c5ccccc45)o3)cc(=O)oc2c1. The Labute approximate surface area is 179 Å². The number of amides is 1. The molecule has 0 aliphatic heterocycles. The molecule has 9 heteroatoms. The van der Waals surface area contributed by atoms with Gasteiger partial charge in [0, 0.05) is 53.0 Å². The van der Waals surface area contributed by atoms with Crippen molar-refractivity contribution in [2.75, 3.05) is 5.32 Å². The Morgan fingerprint density at radius 3 is 2.84 bits per heavy atom. The average Bonchev–Trinajstić information content (AvgIpc) is 3.38. The molecule has 2 N–H and O–H groups in total. The Morgan fingerprint density at radius 1 is 1.10 bits per heavy atom. The maximum Gasteiger partial charge on any atom is 0.336 e. The van der Waals surface area contributed by atoms with Gasteiger partial charge in [0.25, 0.3) is 11.1 Å². The Hall–Kier alpha value is -3.85. The molecule has 31 heavy (non-hydrogen) atoms. The van der Waals surface area contributed by atoms with Gasteiger partial charge in [-0.15, -0.1) is 10.2 Å². The van der Waals surface area contributed by atoms with Crippen molar-refractivity contribution in [1.82, 2.24) is 15.2 Å². The number of anilines is 1. The fourth-order valence-corrected chi connectivity index (χ4v) is 4.15. The van der Waals surface area contributed by atoms with Crippen molar-refractivity contribution < 1.29 is 13.6 Å². The molecule has 0 fully saturated rings. The molecular formula is C22H16N4O4S. The summed E-state index contributed by atoms with van der Waals surface area (Å²) in [7, 11) is 0. The number of nitrogens with one attached hydrogen (secondary N) is 2. The van der Waals surface area contributed by atoms with Gasteiger partial charge in [0.15, 0.2) is 0 Å². The number of fused-ring (bicyclic) bond motifs is 2. The molecule has 1 amide bonds. The van der Waals surface area contributed by atoms with Gasteiger partial charge >= 0.3 is 5.63 Å². The molecule has 5 rings (SSSR count). The molecule has 154 valence electrons. The number of thioether (sulfide) groups is 1. The molecule has 2 aromatic carbocycles. The Balaban J connectivity index is 1.40. The third-order valence-corrected chi connectivity index (χ3v) is 5.60. The fourth-order valence-electron chi connectivity index (χ4n) is 3.40. The van der Waals surface area contributed by atoms with Crippen molar-refractivity contribution >= 4 is 45.2 Å². The van der Waals surface area contributed by atoms with Crippen LogP contribution in [0.15, 0.2) is 73.6 Å². The summed E-state index contributed by atoms with van der Waals surface area (Å²) in [6.07, 6.45) is 1.84. The van der Waals surface area contributed by atoms with Gasteiger partial charge in [0.05, 0.1) is 5.56 Å². The molecule has 0 radical (unpaired) electrons. The zero-order valence-electron chi connectivity index (χ0n) is 16.3. The van der Waals surface area contributed by atoms with Gasteiger partial charge in [-0.05, 0) is 23.8 Å². The molecule has 0 saturated heterocycles. The average molecular weight is 432 g/mol. The van der Waals surface area contributed by atoms with Crippen LogP contribution in [0.5, 0.6) is 0 Å². The van der Waals surface area contributed by atoms with Gasteiger partial charge in [0.1, 0.15) is 5.58 Å². The number of rotatable bonds is 5. The minimum absolute atomic E-state index is 0.198. The number of para-hydroxylation sites is 1. The summed E-state index contributed by atoms with van der Waals surface area (Å²) in [5, 5.41) is 13.1. The normalized spacial score (nSPS) is 11.3. The highest BCUT2D eigenvalue weighted by Gasteiger charge is 2.15. The van der Waals surface area contributed by atoms with E-state index in [0.29, 0.717) is 28.1 Å². The second kappa shape index (κ2) is 7.77. The maximum absolute atomic E-state index is 12.0. The van der Waals surface area contributed by atoms with Crippen molar-refractivity contribution in [3.63, 3.8) is 0 Å². The van der Waals surface area contributed by atoms with E-state index in [4.69, 9.17) is 8.83 Å².